The number of carbonyl (C=O) groups is 1. The molecule has 1 aromatic heterocycles. The Morgan fingerprint density at radius 1 is 1.00 bits per heavy atom. The van der Waals surface area contributed by atoms with Crippen molar-refractivity contribution >= 4 is 5.91 Å². The number of benzene rings is 2. The van der Waals surface area contributed by atoms with Crippen molar-refractivity contribution in [2.75, 3.05) is 32.7 Å². The predicted molar refractivity (Wildman–Crippen MR) is 110 cm³/mol. The average Bonchev–Trinajstić information content (AvgIpc) is 3.14. The second-order valence-corrected chi connectivity index (χ2v) is 7.39. The summed E-state index contributed by atoms with van der Waals surface area (Å²) in [5.74, 6) is -0.142. The topological polar surface area (TPSA) is 49.6 Å². The van der Waals surface area contributed by atoms with Crippen LogP contribution in [0.3, 0.4) is 0 Å². The average molecular weight is 429 g/mol. The molecular weight excluding hydrogens is 407 g/mol. The van der Waals surface area contributed by atoms with Crippen molar-refractivity contribution in [3.05, 3.63) is 66.1 Å². The molecule has 0 bridgehead atoms. The van der Waals surface area contributed by atoms with E-state index in [2.05, 4.69) is 4.98 Å². The van der Waals surface area contributed by atoms with Gasteiger partial charge in [-0.15, -0.1) is 0 Å². The maximum Gasteiger partial charge on any atom is 0.254 e. The summed E-state index contributed by atoms with van der Waals surface area (Å²) in [6.07, 6.45) is -0.336. The zero-order valence-electron chi connectivity index (χ0n) is 16.8. The zero-order chi connectivity index (χ0) is 21.8. The van der Waals surface area contributed by atoms with Crippen LogP contribution in [0.4, 0.5) is 13.2 Å². The van der Waals surface area contributed by atoms with E-state index in [1.165, 1.54) is 12.3 Å². The molecule has 0 spiro atoms. The number of oxazole rings is 1. The first kappa shape index (κ1) is 21.1. The number of halogens is 3. The lowest BCUT2D eigenvalue weighted by Crippen LogP contribution is -2.36. The Morgan fingerprint density at radius 2 is 1.74 bits per heavy atom. The number of carbonyl (C=O) groups excluding carboxylic acids is 1. The molecule has 0 saturated carbocycles. The Bertz CT molecular complexity index is 1050. The van der Waals surface area contributed by atoms with E-state index < -0.39 is 12.2 Å². The van der Waals surface area contributed by atoms with Crippen molar-refractivity contribution in [1.29, 1.82) is 0 Å². The molecule has 31 heavy (non-hydrogen) atoms. The van der Waals surface area contributed by atoms with Gasteiger partial charge in [0.1, 0.15) is 5.82 Å². The zero-order valence-corrected chi connectivity index (χ0v) is 16.8. The fourth-order valence-corrected chi connectivity index (χ4v) is 3.76. The minimum Gasteiger partial charge on any atom is -0.436 e. The van der Waals surface area contributed by atoms with Crippen LogP contribution in [-0.4, -0.2) is 59.8 Å². The Kier molecular flexibility index (Phi) is 6.36. The second-order valence-electron chi connectivity index (χ2n) is 7.39. The fraction of sp³-hybridized carbons (Fsp3) is 0.304. The molecule has 5 nitrogen and oxygen atoms in total. The van der Waals surface area contributed by atoms with Crippen molar-refractivity contribution in [3.63, 3.8) is 0 Å². The van der Waals surface area contributed by atoms with Crippen LogP contribution in [0.2, 0.25) is 0 Å². The quantitative estimate of drug-likeness (QED) is 0.597. The van der Waals surface area contributed by atoms with Gasteiger partial charge >= 0.3 is 0 Å². The smallest absolute Gasteiger partial charge is 0.254 e. The number of amides is 1. The number of nitrogens with zero attached hydrogens (tertiary/aromatic N) is 3. The molecular formula is C23H22F3N3O2. The van der Waals surface area contributed by atoms with Crippen LogP contribution in [0.5, 0.6) is 0 Å². The van der Waals surface area contributed by atoms with Crippen LogP contribution in [0.15, 0.2) is 59.1 Å². The maximum absolute atomic E-state index is 14.1. The molecule has 2 aromatic carbocycles. The Labute approximate surface area is 178 Å². The molecule has 1 amide bonds. The third kappa shape index (κ3) is 4.80. The van der Waals surface area contributed by atoms with Gasteiger partial charge in [-0.3, -0.25) is 9.69 Å². The Morgan fingerprint density at radius 3 is 2.52 bits per heavy atom. The van der Waals surface area contributed by atoms with Crippen molar-refractivity contribution < 1.29 is 22.4 Å². The van der Waals surface area contributed by atoms with E-state index in [0.717, 1.165) is 0 Å². The van der Waals surface area contributed by atoms with E-state index in [4.69, 9.17) is 4.42 Å². The summed E-state index contributed by atoms with van der Waals surface area (Å²) in [4.78, 5) is 20.8. The van der Waals surface area contributed by atoms with Gasteiger partial charge in [0.25, 0.3) is 12.3 Å². The number of hydrogen-bond acceptors (Lipinski definition) is 4. The van der Waals surface area contributed by atoms with Gasteiger partial charge in [-0.2, -0.15) is 0 Å². The molecule has 162 valence electrons. The first-order valence-corrected chi connectivity index (χ1v) is 10.1. The summed E-state index contributed by atoms with van der Waals surface area (Å²) >= 11 is 0. The highest BCUT2D eigenvalue weighted by atomic mass is 19.3. The van der Waals surface area contributed by atoms with E-state index in [1.807, 2.05) is 0 Å². The molecule has 3 aromatic rings. The van der Waals surface area contributed by atoms with Crippen LogP contribution in [0.1, 0.15) is 16.8 Å². The normalized spacial score (nSPS) is 15.3. The molecule has 0 unspecified atom stereocenters. The fourth-order valence-electron chi connectivity index (χ4n) is 3.76. The van der Waals surface area contributed by atoms with E-state index >= 15 is 0 Å². The van der Waals surface area contributed by atoms with E-state index in [0.29, 0.717) is 43.7 Å². The molecule has 0 aliphatic carbocycles. The lowest BCUT2D eigenvalue weighted by molar-refractivity contribution is 0.0743. The summed E-state index contributed by atoms with van der Waals surface area (Å²) in [5.41, 5.74) is 1.20. The van der Waals surface area contributed by atoms with Gasteiger partial charge in [0.2, 0.25) is 5.89 Å². The number of alkyl halides is 2. The van der Waals surface area contributed by atoms with Crippen molar-refractivity contribution in [2.24, 2.45) is 0 Å². The molecule has 1 aliphatic rings. The van der Waals surface area contributed by atoms with E-state index in [9.17, 15) is 18.0 Å². The number of aromatic nitrogens is 1. The first-order valence-electron chi connectivity index (χ1n) is 10.1. The molecule has 1 fully saturated rings. The van der Waals surface area contributed by atoms with Gasteiger partial charge in [0.15, 0.2) is 5.76 Å². The number of hydrogen-bond donors (Lipinski definition) is 0. The monoisotopic (exact) mass is 429 g/mol. The molecule has 0 atom stereocenters. The Hall–Kier alpha value is -3.13. The minimum atomic E-state index is -2.39. The third-order valence-corrected chi connectivity index (χ3v) is 5.30. The van der Waals surface area contributed by atoms with Crippen LogP contribution < -0.4 is 0 Å². The number of rotatable bonds is 5. The first-order chi connectivity index (χ1) is 15.0. The molecule has 4 rings (SSSR count). The van der Waals surface area contributed by atoms with Crippen LogP contribution in [0, 0.1) is 5.82 Å². The summed E-state index contributed by atoms with van der Waals surface area (Å²) in [7, 11) is 0. The van der Waals surface area contributed by atoms with Crippen molar-refractivity contribution in [3.8, 4) is 22.8 Å². The standard InChI is InChI=1S/C23H22F3N3O2/c24-19-9-4-3-8-18(19)20-14-27-22(31-20)16-6-1-2-7-17(16)23(30)29-11-5-10-28(12-13-29)15-21(25)26/h1-4,6-9,14,21H,5,10-13,15H2. The van der Waals surface area contributed by atoms with Gasteiger partial charge in [-0.05, 0) is 30.7 Å². The predicted octanol–water partition coefficient (Wildman–Crippen LogP) is 4.56. The second kappa shape index (κ2) is 9.34. The highest BCUT2D eigenvalue weighted by molar-refractivity contribution is 6.00. The SMILES string of the molecule is O=C(c1ccccc1-c1ncc(-c2ccccc2F)o1)N1CCCN(CC(F)F)CC1. The van der Waals surface area contributed by atoms with Gasteiger partial charge in [0, 0.05) is 31.7 Å². The third-order valence-electron chi connectivity index (χ3n) is 5.30. The van der Waals surface area contributed by atoms with Gasteiger partial charge < -0.3 is 9.32 Å². The van der Waals surface area contributed by atoms with Gasteiger partial charge in [0.05, 0.1) is 23.9 Å². The lowest BCUT2D eigenvalue weighted by Gasteiger charge is -2.22. The van der Waals surface area contributed by atoms with E-state index in [1.54, 1.807) is 52.3 Å². The highest BCUT2D eigenvalue weighted by Crippen LogP contribution is 2.30. The van der Waals surface area contributed by atoms with Crippen LogP contribution >= 0.6 is 0 Å². The van der Waals surface area contributed by atoms with Crippen molar-refractivity contribution in [1.82, 2.24) is 14.8 Å². The molecule has 0 radical (unpaired) electrons. The summed E-state index contributed by atoms with van der Waals surface area (Å²) in [6.45, 7) is 1.49. The van der Waals surface area contributed by atoms with E-state index in [-0.39, 0.29) is 29.7 Å². The molecule has 8 heteroatoms. The highest BCUT2D eigenvalue weighted by Gasteiger charge is 2.25. The summed E-state index contributed by atoms with van der Waals surface area (Å²) in [6, 6.07) is 13.2. The van der Waals surface area contributed by atoms with Crippen molar-refractivity contribution in [2.45, 2.75) is 12.8 Å². The molecule has 1 saturated heterocycles. The molecule has 0 N–H and O–H groups in total. The summed E-state index contributed by atoms with van der Waals surface area (Å²) < 4.78 is 45.3. The summed E-state index contributed by atoms with van der Waals surface area (Å²) in [5, 5.41) is 0. The molecule has 1 aliphatic heterocycles. The lowest BCUT2D eigenvalue weighted by atomic mass is 10.1. The Balaban J connectivity index is 1.57. The maximum atomic E-state index is 14.1. The largest absolute Gasteiger partial charge is 0.436 e. The van der Waals surface area contributed by atoms with Crippen LogP contribution in [-0.2, 0) is 0 Å². The molecule has 2 heterocycles. The van der Waals surface area contributed by atoms with Gasteiger partial charge in [-0.25, -0.2) is 18.2 Å². The van der Waals surface area contributed by atoms with Gasteiger partial charge in [-0.1, -0.05) is 24.3 Å². The minimum absolute atomic E-state index is 0.208. The van der Waals surface area contributed by atoms with Crippen LogP contribution in [0.25, 0.3) is 22.8 Å².